The van der Waals surface area contributed by atoms with Crippen LogP contribution in [0.5, 0.6) is 0 Å². The first-order chi connectivity index (χ1) is 17.7. The highest BCUT2D eigenvalue weighted by molar-refractivity contribution is 6.05. The predicted octanol–water partition coefficient (Wildman–Crippen LogP) is 3.09. The number of carbonyl (C=O) groups is 3. The van der Waals surface area contributed by atoms with Gasteiger partial charge in [-0.2, -0.15) is 0 Å². The number of anilines is 2. The average Bonchev–Trinajstić information content (AvgIpc) is 2.98. The molecule has 0 aromatic heterocycles. The molecular formula is C28H29N5O4. The van der Waals surface area contributed by atoms with Crippen LogP contribution in [0.1, 0.15) is 33.5 Å². The number of amidine groups is 1. The van der Waals surface area contributed by atoms with Crippen LogP contribution in [-0.2, 0) is 22.6 Å². The van der Waals surface area contributed by atoms with Crippen LogP contribution in [-0.4, -0.2) is 53.3 Å². The first kappa shape index (κ1) is 25.4. The Morgan fingerprint density at radius 1 is 1.05 bits per heavy atom. The Kier molecular flexibility index (Phi) is 7.52. The van der Waals surface area contributed by atoms with E-state index in [1.807, 2.05) is 36.4 Å². The van der Waals surface area contributed by atoms with Gasteiger partial charge in [0, 0.05) is 42.6 Å². The summed E-state index contributed by atoms with van der Waals surface area (Å²) in [7, 11) is 1.72. The van der Waals surface area contributed by atoms with Crippen molar-refractivity contribution in [1.82, 2.24) is 4.90 Å². The first-order valence-corrected chi connectivity index (χ1v) is 11.9. The number of hydrogen-bond donors (Lipinski definition) is 4. The molecule has 1 heterocycles. The molecule has 37 heavy (non-hydrogen) atoms. The summed E-state index contributed by atoms with van der Waals surface area (Å²) in [4.78, 5) is 41.2. The van der Waals surface area contributed by atoms with Gasteiger partial charge in [-0.25, -0.2) is 0 Å². The van der Waals surface area contributed by atoms with Crippen LogP contribution in [0, 0.1) is 5.41 Å². The molecule has 1 aliphatic rings. The number of nitrogens with zero attached hydrogens (tertiary/aromatic N) is 2. The van der Waals surface area contributed by atoms with Gasteiger partial charge in [-0.1, -0.05) is 42.5 Å². The molecular weight excluding hydrogens is 470 g/mol. The molecule has 0 spiro atoms. The van der Waals surface area contributed by atoms with Crippen LogP contribution in [0.25, 0.3) is 0 Å². The van der Waals surface area contributed by atoms with Gasteiger partial charge in [-0.15, -0.1) is 0 Å². The molecule has 0 saturated heterocycles. The fourth-order valence-corrected chi connectivity index (χ4v) is 4.45. The van der Waals surface area contributed by atoms with E-state index in [1.165, 1.54) is 0 Å². The van der Waals surface area contributed by atoms with E-state index in [0.29, 0.717) is 36.3 Å². The number of nitrogens with two attached hydrogens (primary N) is 1. The van der Waals surface area contributed by atoms with Crippen molar-refractivity contribution >= 4 is 35.0 Å². The maximum atomic E-state index is 13.4. The lowest BCUT2D eigenvalue weighted by molar-refractivity contribution is -0.142. The zero-order chi connectivity index (χ0) is 26.5. The topological polar surface area (TPSA) is 140 Å². The Hall–Kier alpha value is -4.66. The van der Waals surface area contributed by atoms with Gasteiger partial charge in [0.2, 0.25) is 5.91 Å². The van der Waals surface area contributed by atoms with Crippen molar-refractivity contribution in [3.05, 3.63) is 95.1 Å². The zero-order valence-electron chi connectivity index (χ0n) is 20.5. The summed E-state index contributed by atoms with van der Waals surface area (Å²) in [5, 5.41) is 19.8. The number of hydrogen-bond acceptors (Lipinski definition) is 5. The van der Waals surface area contributed by atoms with Crippen LogP contribution in [0.4, 0.5) is 11.4 Å². The van der Waals surface area contributed by atoms with E-state index in [0.717, 1.165) is 16.8 Å². The van der Waals surface area contributed by atoms with E-state index in [1.54, 1.807) is 53.2 Å². The molecule has 1 atom stereocenters. The number of benzene rings is 3. The largest absolute Gasteiger partial charge is 0.481 e. The molecule has 0 bridgehead atoms. The summed E-state index contributed by atoms with van der Waals surface area (Å²) in [5.74, 6) is -1.68. The predicted molar refractivity (Wildman–Crippen MR) is 142 cm³/mol. The molecule has 0 saturated carbocycles. The van der Waals surface area contributed by atoms with E-state index >= 15 is 0 Å². The van der Waals surface area contributed by atoms with Crippen molar-refractivity contribution in [1.29, 1.82) is 5.41 Å². The van der Waals surface area contributed by atoms with Crippen molar-refractivity contribution < 1.29 is 19.5 Å². The number of aliphatic carboxylic acids is 1. The lowest BCUT2D eigenvalue weighted by Crippen LogP contribution is -2.46. The summed E-state index contributed by atoms with van der Waals surface area (Å²) in [5.41, 5.74) is 9.61. The second-order valence-electron chi connectivity index (χ2n) is 9.01. The van der Waals surface area contributed by atoms with E-state index in [2.05, 4.69) is 5.32 Å². The number of carboxylic acid groups (broad SMARTS) is 1. The van der Waals surface area contributed by atoms with Gasteiger partial charge in [0.1, 0.15) is 11.9 Å². The molecule has 2 amide bonds. The first-order valence-electron chi connectivity index (χ1n) is 11.9. The summed E-state index contributed by atoms with van der Waals surface area (Å²) in [6.07, 6.45) is 0.323. The molecule has 0 fully saturated rings. The highest BCUT2D eigenvalue weighted by Crippen LogP contribution is 2.31. The molecule has 0 unspecified atom stereocenters. The third kappa shape index (κ3) is 5.95. The minimum Gasteiger partial charge on any atom is -0.481 e. The zero-order valence-corrected chi connectivity index (χ0v) is 20.5. The van der Waals surface area contributed by atoms with Crippen LogP contribution in [0.3, 0.4) is 0 Å². The molecule has 3 aromatic rings. The highest BCUT2D eigenvalue weighted by atomic mass is 16.4. The number of carbonyl (C=O) groups excluding carboxylic acids is 2. The van der Waals surface area contributed by atoms with Crippen LogP contribution < -0.4 is 16.0 Å². The maximum Gasteiger partial charge on any atom is 0.305 e. The minimum absolute atomic E-state index is 0.0746. The molecule has 1 aliphatic heterocycles. The van der Waals surface area contributed by atoms with Gasteiger partial charge in [0.25, 0.3) is 5.91 Å². The van der Waals surface area contributed by atoms with Crippen molar-refractivity contribution in [3.63, 3.8) is 0 Å². The lowest BCUT2D eigenvalue weighted by atomic mass is 10.1. The smallest absolute Gasteiger partial charge is 0.305 e. The third-order valence-corrected chi connectivity index (χ3v) is 6.48. The van der Waals surface area contributed by atoms with Gasteiger partial charge in [-0.05, 0) is 47.9 Å². The SMILES string of the molecule is CN1c2ccc(NC(=O)c3ccc(C(=N)N)cc3)cc2CN(CCc2ccccc2)C(=O)[C@H]1CC(=O)O. The number of fused-ring (bicyclic) bond motifs is 1. The average molecular weight is 500 g/mol. The standard InChI is InChI=1S/C28H29N5O4/c1-32-23-12-11-22(31-27(36)20-9-7-19(8-10-20)26(29)30)15-21(23)17-33(28(37)24(32)16-25(34)35)14-13-18-5-3-2-4-6-18/h2-12,15,24H,13-14,16-17H2,1H3,(H3,29,30)(H,31,36)(H,34,35)/t24-/m1/s1. The third-order valence-electron chi connectivity index (χ3n) is 6.48. The van der Waals surface area contributed by atoms with Gasteiger partial charge in [0.05, 0.1) is 6.42 Å². The summed E-state index contributed by atoms with van der Waals surface area (Å²) in [6, 6.07) is 20.7. The normalized spacial score (nSPS) is 15.1. The fraction of sp³-hybridized carbons (Fsp3) is 0.214. The Morgan fingerprint density at radius 3 is 2.38 bits per heavy atom. The second-order valence-corrected chi connectivity index (χ2v) is 9.01. The summed E-state index contributed by atoms with van der Waals surface area (Å²) < 4.78 is 0. The number of nitrogen functional groups attached to an aromatic ring is 1. The minimum atomic E-state index is -1.05. The molecule has 4 rings (SSSR count). The van der Waals surface area contributed by atoms with Crippen molar-refractivity contribution in [2.24, 2.45) is 5.73 Å². The van der Waals surface area contributed by atoms with Gasteiger partial charge in [-0.3, -0.25) is 19.8 Å². The van der Waals surface area contributed by atoms with Crippen molar-refractivity contribution in [2.45, 2.75) is 25.4 Å². The Morgan fingerprint density at radius 2 is 1.73 bits per heavy atom. The lowest BCUT2D eigenvalue weighted by Gasteiger charge is -2.29. The number of likely N-dealkylation sites (N-methyl/N-ethyl adjacent to an activating group) is 1. The fourth-order valence-electron chi connectivity index (χ4n) is 4.45. The van der Waals surface area contributed by atoms with Gasteiger partial charge in [0.15, 0.2) is 0 Å². The Bertz CT molecular complexity index is 1320. The van der Waals surface area contributed by atoms with Crippen molar-refractivity contribution in [3.8, 4) is 0 Å². The summed E-state index contributed by atoms with van der Waals surface area (Å²) in [6.45, 7) is 0.726. The quantitative estimate of drug-likeness (QED) is 0.277. The molecule has 190 valence electrons. The second kappa shape index (κ2) is 10.9. The van der Waals surface area contributed by atoms with Crippen molar-refractivity contribution in [2.75, 3.05) is 23.8 Å². The molecule has 3 aromatic carbocycles. The van der Waals surface area contributed by atoms with Crippen LogP contribution in [0.15, 0.2) is 72.8 Å². The van der Waals surface area contributed by atoms with Crippen LogP contribution in [0.2, 0.25) is 0 Å². The highest BCUT2D eigenvalue weighted by Gasteiger charge is 2.34. The van der Waals surface area contributed by atoms with E-state index < -0.39 is 12.0 Å². The number of amides is 2. The maximum absolute atomic E-state index is 13.4. The number of nitrogens with one attached hydrogen (secondary N) is 2. The molecule has 0 aliphatic carbocycles. The molecule has 5 N–H and O–H groups in total. The Labute approximate surface area is 215 Å². The Balaban J connectivity index is 1.59. The molecule has 9 heteroatoms. The van der Waals surface area contributed by atoms with E-state index in [4.69, 9.17) is 11.1 Å². The summed E-state index contributed by atoms with van der Waals surface area (Å²) >= 11 is 0. The monoisotopic (exact) mass is 499 g/mol. The van der Waals surface area contributed by atoms with Gasteiger partial charge < -0.3 is 26.0 Å². The molecule has 9 nitrogen and oxygen atoms in total. The van der Waals surface area contributed by atoms with E-state index in [-0.39, 0.29) is 24.1 Å². The molecule has 0 radical (unpaired) electrons. The van der Waals surface area contributed by atoms with Crippen LogP contribution >= 0.6 is 0 Å². The van der Waals surface area contributed by atoms with E-state index in [9.17, 15) is 19.5 Å². The van der Waals surface area contributed by atoms with Gasteiger partial charge >= 0.3 is 5.97 Å². The number of rotatable bonds is 8. The number of carboxylic acids is 1.